The van der Waals surface area contributed by atoms with E-state index in [0.29, 0.717) is 16.6 Å². The Labute approximate surface area is 196 Å². The fraction of sp³-hybridized carbons (Fsp3) is 0.0800. The van der Waals surface area contributed by atoms with Crippen LogP contribution < -0.4 is 11.1 Å². The van der Waals surface area contributed by atoms with Gasteiger partial charge < -0.3 is 11.1 Å². The van der Waals surface area contributed by atoms with Crippen molar-refractivity contribution in [3.63, 3.8) is 0 Å². The first-order valence-corrected chi connectivity index (χ1v) is 10.5. The number of amides is 1. The van der Waals surface area contributed by atoms with Gasteiger partial charge in [0.25, 0.3) is 5.91 Å². The number of hydrogen-bond acceptors (Lipinski definition) is 4. The molecule has 0 unspecified atom stereocenters. The smallest absolute Gasteiger partial charge is 0.384 e. The topological polar surface area (TPSA) is 85.8 Å². The van der Waals surface area contributed by atoms with Crippen LogP contribution in [0.4, 0.5) is 23.4 Å². The van der Waals surface area contributed by atoms with Crippen LogP contribution in [0.2, 0.25) is 0 Å². The van der Waals surface area contributed by atoms with Crippen molar-refractivity contribution < 1.29 is 22.4 Å². The highest BCUT2D eigenvalue weighted by atomic mass is 19.4. The molecule has 1 amide bonds. The number of rotatable bonds is 4. The van der Waals surface area contributed by atoms with Gasteiger partial charge in [0.05, 0.1) is 16.6 Å². The van der Waals surface area contributed by atoms with E-state index in [9.17, 15) is 22.4 Å². The lowest BCUT2D eigenvalue weighted by Crippen LogP contribution is -2.24. The van der Waals surface area contributed by atoms with Gasteiger partial charge in [-0.3, -0.25) is 9.36 Å². The van der Waals surface area contributed by atoms with Gasteiger partial charge in [0.1, 0.15) is 22.7 Å². The first-order valence-electron chi connectivity index (χ1n) is 10.5. The summed E-state index contributed by atoms with van der Waals surface area (Å²) < 4.78 is 54.6. The molecule has 35 heavy (non-hydrogen) atoms. The highest BCUT2D eigenvalue weighted by Gasteiger charge is 2.31. The molecule has 3 N–H and O–H groups in total. The van der Waals surface area contributed by atoms with Crippen molar-refractivity contribution in [2.24, 2.45) is 0 Å². The van der Waals surface area contributed by atoms with Crippen LogP contribution in [-0.2, 0) is 12.7 Å². The average molecular weight is 479 g/mol. The van der Waals surface area contributed by atoms with Gasteiger partial charge in [0, 0.05) is 12.2 Å². The number of halogens is 4. The van der Waals surface area contributed by atoms with E-state index in [4.69, 9.17) is 5.73 Å². The summed E-state index contributed by atoms with van der Waals surface area (Å²) in [5.41, 5.74) is 7.48. The largest absolute Gasteiger partial charge is 0.416 e. The van der Waals surface area contributed by atoms with Gasteiger partial charge in [-0.05, 0) is 48.0 Å². The summed E-state index contributed by atoms with van der Waals surface area (Å²) in [6, 6.07) is 17.1. The van der Waals surface area contributed by atoms with Crippen molar-refractivity contribution in [3.05, 3.63) is 95.3 Å². The number of hydrogen-bond donors (Lipinski definition) is 2. The normalized spacial score (nSPS) is 11.8. The molecule has 0 aliphatic carbocycles. The van der Waals surface area contributed by atoms with Crippen molar-refractivity contribution in [2.75, 3.05) is 5.73 Å². The molecular weight excluding hydrogens is 462 g/mol. The van der Waals surface area contributed by atoms with Crippen LogP contribution in [0.5, 0.6) is 0 Å². The predicted octanol–water partition coefficient (Wildman–Crippen LogP) is 5.24. The SMILES string of the molecule is Nc1c(C(=O)NCc2ccc(F)cc2)c2nc3ccccc3nc2n1-c1cccc(C(F)(F)F)c1. The van der Waals surface area contributed by atoms with E-state index >= 15 is 0 Å². The zero-order valence-electron chi connectivity index (χ0n) is 18.0. The minimum absolute atomic E-state index is 0.0159. The third-order valence-electron chi connectivity index (χ3n) is 5.52. The molecule has 0 saturated carbocycles. The molecule has 3 aromatic carbocycles. The van der Waals surface area contributed by atoms with Crippen LogP contribution >= 0.6 is 0 Å². The number of benzene rings is 3. The van der Waals surface area contributed by atoms with E-state index in [1.165, 1.54) is 41.0 Å². The Morgan fingerprint density at radius 1 is 0.943 bits per heavy atom. The molecule has 2 aromatic heterocycles. The first kappa shape index (κ1) is 22.3. The van der Waals surface area contributed by atoms with Crippen LogP contribution in [0.15, 0.2) is 72.8 Å². The van der Waals surface area contributed by atoms with Gasteiger partial charge in [-0.2, -0.15) is 13.2 Å². The molecule has 2 heterocycles. The highest BCUT2D eigenvalue weighted by molar-refractivity contribution is 6.11. The molecule has 5 aromatic rings. The Bertz CT molecular complexity index is 1580. The molecule has 176 valence electrons. The molecule has 0 atom stereocenters. The van der Waals surface area contributed by atoms with E-state index in [0.717, 1.165) is 12.1 Å². The molecule has 0 radical (unpaired) electrons. The first-order chi connectivity index (χ1) is 16.7. The van der Waals surface area contributed by atoms with Crippen LogP contribution in [-0.4, -0.2) is 20.4 Å². The second-order valence-corrected chi connectivity index (χ2v) is 7.84. The van der Waals surface area contributed by atoms with E-state index in [2.05, 4.69) is 15.3 Å². The lowest BCUT2D eigenvalue weighted by molar-refractivity contribution is -0.137. The second kappa shape index (κ2) is 8.39. The number of nitrogens with zero attached hydrogens (tertiary/aromatic N) is 3. The molecule has 0 saturated heterocycles. The second-order valence-electron chi connectivity index (χ2n) is 7.84. The predicted molar refractivity (Wildman–Crippen MR) is 123 cm³/mol. The number of nitrogen functional groups attached to an aromatic ring is 1. The number of para-hydroxylation sites is 2. The van der Waals surface area contributed by atoms with Crippen LogP contribution in [0, 0.1) is 5.82 Å². The van der Waals surface area contributed by atoms with Crippen molar-refractivity contribution in [1.82, 2.24) is 19.9 Å². The van der Waals surface area contributed by atoms with Crippen molar-refractivity contribution >= 4 is 33.9 Å². The van der Waals surface area contributed by atoms with Crippen LogP contribution in [0.3, 0.4) is 0 Å². The fourth-order valence-electron chi connectivity index (χ4n) is 3.84. The summed E-state index contributed by atoms with van der Waals surface area (Å²) in [4.78, 5) is 22.3. The summed E-state index contributed by atoms with van der Waals surface area (Å²) in [6.07, 6.45) is -4.57. The molecular formula is C25H17F4N5O. The number of alkyl halides is 3. The molecule has 6 nitrogen and oxygen atoms in total. The molecule has 0 bridgehead atoms. The Hall–Kier alpha value is -4.47. The van der Waals surface area contributed by atoms with Gasteiger partial charge in [-0.1, -0.05) is 30.3 Å². The number of carbonyl (C=O) groups is 1. The summed E-state index contributed by atoms with van der Waals surface area (Å²) >= 11 is 0. The Morgan fingerprint density at radius 3 is 2.31 bits per heavy atom. The number of anilines is 1. The Morgan fingerprint density at radius 2 is 1.63 bits per heavy atom. The highest BCUT2D eigenvalue weighted by Crippen LogP contribution is 2.34. The van der Waals surface area contributed by atoms with Gasteiger partial charge in [0.15, 0.2) is 5.65 Å². The molecule has 0 fully saturated rings. The quantitative estimate of drug-likeness (QED) is 0.345. The van der Waals surface area contributed by atoms with Crippen LogP contribution in [0.25, 0.3) is 27.9 Å². The van der Waals surface area contributed by atoms with Gasteiger partial charge in [-0.15, -0.1) is 0 Å². The molecule has 0 aliphatic heterocycles. The maximum absolute atomic E-state index is 13.4. The van der Waals surface area contributed by atoms with Gasteiger partial charge in [-0.25, -0.2) is 14.4 Å². The summed E-state index contributed by atoms with van der Waals surface area (Å²) in [5.74, 6) is -1.10. The zero-order chi connectivity index (χ0) is 24.7. The van der Waals surface area contributed by atoms with E-state index in [1.54, 1.807) is 24.3 Å². The molecule has 5 rings (SSSR count). The standard InChI is InChI=1S/C25H17F4N5O/c26-16-10-8-14(9-11-16)13-31-24(35)20-21-23(33-19-7-2-1-6-18(19)32-21)34(22(20)30)17-5-3-4-15(12-17)25(27,28)29/h1-12H,13,30H2,(H,31,35). The third kappa shape index (κ3) is 4.14. The number of carbonyl (C=O) groups excluding carboxylic acids is 1. The molecule has 10 heteroatoms. The maximum atomic E-state index is 13.4. The summed E-state index contributed by atoms with van der Waals surface area (Å²) in [6.45, 7) is 0.0792. The third-order valence-corrected chi connectivity index (χ3v) is 5.52. The Balaban J connectivity index is 1.66. The number of aromatic nitrogens is 3. The van der Waals surface area contributed by atoms with Crippen molar-refractivity contribution in [2.45, 2.75) is 12.7 Å². The monoisotopic (exact) mass is 479 g/mol. The minimum atomic E-state index is -4.57. The molecule has 0 aliphatic rings. The summed E-state index contributed by atoms with van der Waals surface area (Å²) in [7, 11) is 0. The fourth-order valence-corrected chi connectivity index (χ4v) is 3.84. The average Bonchev–Trinajstić information content (AvgIpc) is 3.12. The van der Waals surface area contributed by atoms with E-state index in [1.807, 2.05) is 0 Å². The minimum Gasteiger partial charge on any atom is -0.384 e. The maximum Gasteiger partial charge on any atom is 0.416 e. The Kier molecular flexibility index (Phi) is 5.35. The summed E-state index contributed by atoms with van der Waals surface area (Å²) in [5, 5.41) is 2.71. The van der Waals surface area contributed by atoms with E-state index in [-0.39, 0.29) is 34.8 Å². The van der Waals surface area contributed by atoms with Crippen molar-refractivity contribution in [3.8, 4) is 5.69 Å². The van der Waals surface area contributed by atoms with Gasteiger partial charge in [0.2, 0.25) is 0 Å². The number of nitrogens with one attached hydrogen (secondary N) is 1. The number of fused-ring (bicyclic) bond motifs is 2. The van der Waals surface area contributed by atoms with E-state index < -0.39 is 23.5 Å². The zero-order valence-corrected chi connectivity index (χ0v) is 18.0. The number of nitrogens with two attached hydrogens (primary N) is 1. The van der Waals surface area contributed by atoms with Gasteiger partial charge >= 0.3 is 6.18 Å². The van der Waals surface area contributed by atoms with Crippen LogP contribution in [0.1, 0.15) is 21.5 Å². The lowest BCUT2D eigenvalue weighted by atomic mass is 10.2. The molecule has 0 spiro atoms. The van der Waals surface area contributed by atoms with Crippen molar-refractivity contribution in [1.29, 1.82) is 0 Å². The lowest BCUT2D eigenvalue weighted by Gasteiger charge is -2.12.